The van der Waals surface area contributed by atoms with Crippen LogP contribution in [0.3, 0.4) is 0 Å². The van der Waals surface area contributed by atoms with Crippen molar-refractivity contribution >= 4 is 21.8 Å². The molecule has 1 aromatic carbocycles. The van der Waals surface area contributed by atoms with Gasteiger partial charge in [-0.15, -0.1) is 0 Å². The Balaban J connectivity index is 1.40. The van der Waals surface area contributed by atoms with Gasteiger partial charge in [0.25, 0.3) is 0 Å². The predicted octanol–water partition coefficient (Wildman–Crippen LogP) is 1.68. The highest BCUT2D eigenvalue weighted by Crippen LogP contribution is 2.20. The van der Waals surface area contributed by atoms with E-state index in [0.29, 0.717) is 19.6 Å². The summed E-state index contributed by atoms with van der Waals surface area (Å²) in [5.74, 6) is -0.221. The summed E-state index contributed by atoms with van der Waals surface area (Å²) in [6.07, 6.45) is 3.96. The van der Waals surface area contributed by atoms with Crippen LogP contribution in [-0.2, 0) is 19.6 Å². The predicted molar refractivity (Wildman–Crippen MR) is 124 cm³/mol. The van der Waals surface area contributed by atoms with Gasteiger partial charge in [-0.3, -0.25) is 14.5 Å². The summed E-state index contributed by atoms with van der Waals surface area (Å²) in [5, 5.41) is 2.98. The van der Waals surface area contributed by atoms with E-state index in [4.69, 9.17) is 0 Å². The minimum absolute atomic E-state index is 0.0966. The second-order valence-corrected chi connectivity index (χ2v) is 11.2. The molecule has 0 unspecified atom stereocenters. The highest BCUT2D eigenvalue weighted by Gasteiger charge is 2.31. The molecule has 1 N–H and O–H groups in total. The average molecular weight is 465 g/mol. The largest absolute Gasteiger partial charge is 0.354 e. The van der Waals surface area contributed by atoms with E-state index in [-0.39, 0.29) is 48.2 Å². The molecular weight excluding hydrogens is 428 g/mol. The fourth-order valence-electron chi connectivity index (χ4n) is 4.31. The lowest BCUT2D eigenvalue weighted by atomic mass is 9.98. The molecule has 0 aliphatic carbocycles. The maximum atomic E-state index is 12.7. The zero-order valence-corrected chi connectivity index (χ0v) is 20.1. The Kier molecular flexibility index (Phi) is 8.30. The van der Waals surface area contributed by atoms with E-state index >= 15 is 0 Å². The number of hydrogen-bond acceptors (Lipinski definition) is 5. The minimum atomic E-state index is -3.54. The molecule has 0 radical (unpaired) electrons. The molecule has 0 bridgehead atoms. The Labute approximate surface area is 192 Å². The number of amides is 2. The van der Waals surface area contributed by atoms with Crippen LogP contribution in [0.5, 0.6) is 0 Å². The number of hydrogen-bond donors (Lipinski definition) is 1. The first-order valence-electron chi connectivity index (χ1n) is 11.5. The Hall–Kier alpha value is -1.97. The SMILES string of the molecule is CC(C)(CNC(=O)CCC(=O)N1CCN(S(=O)(=O)c2ccccc2)CC1)N1CCCCC1. The molecule has 1 aromatic rings. The molecule has 2 fully saturated rings. The quantitative estimate of drug-likeness (QED) is 0.632. The zero-order chi connectivity index (χ0) is 23.2. The van der Waals surface area contributed by atoms with Crippen molar-refractivity contribution in [3.05, 3.63) is 30.3 Å². The topological polar surface area (TPSA) is 90.0 Å². The van der Waals surface area contributed by atoms with Gasteiger partial charge in [0.2, 0.25) is 21.8 Å². The van der Waals surface area contributed by atoms with Crippen molar-refractivity contribution in [2.45, 2.75) is 56.4 Å². The van der Waals surface area contributed by atoms with Gasteiger partial charge < -0.3 is 10.2 Å². The Bertz CT molecular complexity index is 875. The van der Waals surface area contributed by atoms with E-state index in [0.717, 1.165) is 13.1 Å². The van der Waals surface area contributed by atoms with Crippen molar-refractivity contribution in [3.8, 4) is 0 Å². The van der Waals surface area contributed by atoms with Crippen molar-refractivity contribution in [1.82, 2.24) is 19.4 Å². The van der Waals surface area contributed by atoms with Crippen molar-refractivity contribution in [2.75, 3.05) is 45.8 Å². The lowest BCUT2D eigenvalue weighted by Gasteiger charge is -2.41. The smallest absolute Gasteiger partial charge is 0.243 e. The van der Waals surface area contributed by atoms with E-state index in [1.807, 2.05) is 0 Å². The highest BCUT2D eigenvalue weighted by molar-refractivity contribution is 7.89. The molecule has 9 heteroatoms. The second kappa shape index (κ2) is 10.8. The number of carbonyl (C=O) groups excluding carboxylic acids is 2. The number of carbonyl (C=O) groups is 2. The number of piperidine rings is 1. The van der Waals surface area contributed by atoms with E-state index < -0.39 is 10.0 Å². The summed E-state index contributed by atoms with van der Waals surface area (Å²) in [7, 11) is -3.54. The van der Waals surface area contributed by atoms with Crippen LogP contribution >= 0.6 is 0 Å². The molecule has 32 heavy (non-hydrogen) atoms. The van der Waals surface area contributed by atoms with Gasteiger partial charge in [0.15, 0.2) is 0 Å². The number of piperazine rings is 1. The van der Waals surface area contributed by atoms with Crippen molar-refractivity contribution in [1.29, 1.82) is 0 Å². The van der Waals surface area contributed by atoms with Gasteiger partial charge in [-0.1, -0.05) is 24.6 Å². The molecule has 2 aliphatic heterocycles. The van der Waals surface area contributed by atoms with Crippen LogP contribution < -0.4 is 5.32 Å². The molecule has 0 atom stereocenters. The van der Waals surface area contributed by atoms with Gasteiger partial charge in [0, 0.05) is 51.1 Å². The summed E-state index contributed by atoms with van der Waals surface area (Å²) in [6, 6.07) is 8.34. The van der Waals surface area contributed by atoms with Crippen LogP contribution in [0.4, 0.5) is 0 Å². The van der Waals surface area contributed by atoms with Gasteiger partial charge in [-0.25, -0.2) is 8.42 Å². The Morgan fingerprint density at radius 3 is 2.16 bits per heavy atom. The van der Waals surface area contributed by atoms with Crippen molar-refractivity contribution < 1.29 is 18.0 Å². The third kappa shape index (κ3) is 6.30. The van der Waals surface area contributed by atoms with Crippen molar-refractivity contribution in [2.24, 2.45) is 0 Å². The Morgan fingerprint density at radius 1 is 0.906 bits per heavy atom. The summed E-state index contributed by atoms with van der Waals surface area (Å²) in [6.45, 7) is 8.19. The minimum Gasteiger partial charge on any atom is -0.354 e. The fourth-order valence-corrected chi connectivity index (χ4v) is 5.76. The maximum absolute atomic E-state index is 12.7. The normalized spacial score (nSPS) is 19.0. The first-order valence-corrected chi connectivity index (χ1v) is 13.0. The average Bonchev–Trinajstić information content (AvgIpc) is 2.82. The van der Waals surface area contributed by atoms with E-state index in [9.17, 15) is 18.0 Å². The number of likely N-dealkylation sites (tertiary alicyclic amines) is 1. The number of benzene rings is 1. The van der Waals surface area contributed by atoms with Gasteiger partial charge in [-0.2, -0.15) is 4.31 Å². The van der Waals surface area contributed by atoms with Crippen molar-refractivity contribution in [3.63, 3.8) is 0 Å². The van der Waals surface area contributed by atoms with E-state index in [2.05, 4.69) is 24.1 Å². The summed E-state index contributed by atoms with van der Waals surface area (Å²) in [4.78, 5) is 29.2. The van der Waals surface area contributed by atoms with Gasteiger partial charge in [0.1, 0.15) is 0 Å². The first-order chi connectivity index (χ1) is 15.2. The number of nitrogens with one attached hydrogen (secondary N) is 1. The molecule has 2 heterocycles. The van der Waals surface area contributed by atoms with Crippen LogP contribution in [0.1, 0.15) is 46.0 Å². The third-order valence-corrected chi connectivity index (χ3v) is 8.38. The summed E-state index contributed by atoms with van der Waals surface area (Å²) < 4.78 is 26.8. The molecule has 3 rings (SSSR count). The van der Waals surface area contributed by atoms with Crippen LogP contribution in [0.25, 0.3) is 0 Å². The molecule has 178 valence electrons. The van der Waals surface area contributed by atoms with Crippen LogP contribution in [0, 0.1) is 0 Å². The monoisotopic (exact) mass is 464 g/mol. The maximum Gasteiger partial charge on any atom is 0.243 e. The van der Waals surface area contributed by atoms with Gasteiger partial charge >= 0.3 is 0 Å². The molecule has 2 aliphatic rings. The number of rotatable bonds is 8. The number of sulfonamides is 1. The fraction of sp³-hybridized carbons (Fsp3) is 0.652. The standard InChI is InChI=1S/C23H36N4O4S/c1-23(2,26-13-7-4-8-14-26)19-24-21(28)11-12-22(29)25-15-17-27(18-16-25)32(30,31)20-9-5-3-6-10-20/h3,5-6,9-10H,4,7-8,11-19H2,1-2H3,(H,24,28). The molecule has 0 saturated carbocycles. The lowest BCUT2D eigenvalue weighted by molar-refractivity contribution is -0.134. The van der Waals surface area contributed by atoms with Crippen LogP contribution in [-0.4, -0.2) is 85.7 Å². The molecule has 2 amide bonds. The number of nitrogens with zero attached hydrogens (tertiary/aromatic N) is 3. The summed E-state index contributed by atoms with van der Waals surface area (Å²) >= 11 is 0. The molecule has 0 aromatic heterocycles. The van der Waals surface area contributed by atoms with Gasteiger partial charge in [-0.05, 0) is 51.9 Å². The van der Waals surface area contributed by atoms with E-state index in [1.54, 1.807) is 35.2 Å². The van der Waals surface area contributed by atoms with Crippen LogP contribution in [0.2, 0.25) is 0 Å². The third-order valence-electron chi connectivity index (χ3n) is 6.47. The Morgan fingerprint density at radius 2 is 1.53 bits per heavy atom. The first kappa shape index (κ1) is 24.7. The highest BCUT2D eigenvalue weighted by atomic mass is 32.2. The second-order valence-electron chi connectivity index (χ2n) is 9.23. The molecule has 2 saturated heterocycles. The zero-order valence-electron chi connectivity index (χ0n) is 19.3. The molecular formula is C23H36N4O4S. The summed E-state index contributed by atoms with van der Waals surface area (Å²) in [5.41, 5.74) is -0.0966. The van der Waals surface area contributed by atoms with Gasteiger partial charge in [0.05, 0.1) is 4.90 Å². The molecule has 0 spiro atoms. The lowest BCUT2D eigenvalue weighted by Crippen LogP contribution is -2.53. The van der Waals surface area contributed by atoms with Crippen LogP contribution in [0.15, 0.2) is 35.2 Å². The molecule has 8 nitrogen and oxygen atoms in total. The van der Waals surface area contributed by atoms with E-state index in [1.165, 1.54) is 23.6 Å².